The highest BCUT2D eigenvalue weighted by Gasteiger charge is 2.39. The fourth-order valence-electron chi connectivity index (χ4n) is 3.19. The predicted octanol–water partition coefficient (Wildman–Crippen LogP) is 2.28. The van der Waals surface area contributed by atoms with Gasteiger partial charge in [0, 0.05) is 35.9 Å². The SMILES string of the molecule is O=C(NNC(=O)C(F)(F)F)c1ccc(CN(c2ccccc2)C(O)N2CCOCC2)c(Cl)c1. The molecule has 0 bridgehead atoms. The number of benzene rings is 2. The van der Waals surface area contributed by atoms with E-state index in [1.807, 2.05) is 35.2 Å². The lowest BCUT2D eigenvalue weighted by Gasteiger charge is -2.39. The number of hydrazine groups is 1. The summed E-state index contributed by atoms with van der Waals surface area (Å²) in [5.41, 5.74) is 4.25. The van der Waals surface area contributed by atoms with Gasteiger partial charge in [0.05, 0.1) is 13.2 Å². The van der Waals surface area contributed by atoms with Gasteiger partial charge in [0.15, 0.2) is 6.35 Å². The number of hydrogen-bond donors (Lipinski definition) is 3. The van der Waals surface area contributed by atoms with Gasteiger partial charge in [-0.15, -0.1) is 0 Å². The van der Waals surface area contributed by atoms with E-state index in [4.69, 9.17) is 16.3 Å². The van der Waals surface area contributed by atoms with Gasteiger partial charge in [-0.3, -0.25) is 25.3 Å². The summed E-state index contributed by atoms with van der Waals surface area (Å²) < 4.78 is 42.1. The van der Waals surface area contributed by atoms with Crippen LogP contribution in [0.1, 0.15) is 15.9 Å². The smallest absolute Gasteiger partial charge is 0.379 e. The highest BCUT2D eigenvalue weighted by molar-refractivity contribution is 6.31. The summed E-state index contributed by atoms with van der Waals surface area (Å²) in [6.07, 6.45) is -6.09. The van der Waals surface area contributed by atoms with E-state index in [1.54, 1.807) is 10.3 Å². The molecule has 33 heavy (non-hydrogen) atoms. The van der Waals surface area contributed by atoms with Gasteiger partial charge in [-0.05, 0) is 29.8 Å². The third-order valence-corrected chi connectivity index (χ3v) is 5.29. The van der Waals surface area contributed by atoms with Crippen LogP contribution in [0.5, 0.6) is 0 Å². The number of alkyl halides is 3. The lowest BCUT2D eigenvalue weighted by molar-refractivity contribution is -0.174. The third-order valence-electron chi connectivity index (χ3n) is 4.94. The van der Waals surface area contributed by atoms with E-state index in [-0.39, 0.29) is 17.1 Å². The number of anilines is 1. The highest BCUT2D eigenvalue weighted by Crippen LogP contribution is 2.25. The van der Waals surface area contributed by atoms with Gasteiger partial charge < -0.3 is 14.7 Å². The molecule has 1 heterocycles. The Labute approximate surface area is 192 Å². The minimum atomic E-state index is -5.13. The number of carbonyl (C=O) groups excluding carboxylic acids is 2. The fourth-order valence-corrected chi connectivity index (χ4v) is 3.43. The summed E-state index contributed by atoms with van der Waals surface area (Å²) in [7, 11) is 0. The van der Waals surface area contributed by atoms with Crippen molar-refractivity contribution in [1.82, 2.24) is 15.8 Å². The maximum Gasteiger partial charge on any atom is 0.472 e. The maximum atomic E-state index is 12.3. The van der Waals surface area contributed by atoms with Crippen molar-refractivity contribution in [2.75, 3.05) is 31.2 Å². The Morgan fingerprint density at radius 2 is 1.79 bits per heavy atom. The number of nitrogens with one attached hydrogen (secondary N) is 2. The number of morpholine rings is 1. The van der Waals surface area contributed by atoms with E-state index in [9.17, 15) is 27.9 Å². The molecule has 3 rings (SSSR count). The number of hydrogen-bond acceptors (Lipinski definition) is 6. The first-order chi connectivity index (χ1) is 15.7. The van der Waals surface area contributed by atoms with E-state index in [0.29, 0.717) is 31.9 Å². The topological polar surface area (TPSA) is 94.1 Å². The summed E-state index contributed by atoms with van der Waals surface area (Å²) in [5, 5.41) is 11.2. The molecule has 1 aliphatic heterocycles. The van der Waals surface area contributed by atoms with Crippen LogP contribution in [0.25, 0.3) is 0 Å². The van der Waals surface area contributed by atoms with Crippen LogP contribution in [0, 0.1) is 0 Å². The molecular formula is C21H22ClF3N4O4. The monoisotopic (exact) mass is 486 g/mol. The van der Waals surface area contributed by atoms with Gasteiger partial charge >= 0.3 is 12.1 Å². The summed E-state index contributed by atoms with van der Waals surface area (Å²) in [6, 6.07) is 13.4. The molecule has 1 fully saturated rings. The first-order valence-corrected chi connectivity index (χ1v) is 10.3. The van der Waals surface area contributed by atoms with Crippen molar-refractivity contribution in [1.29, 1.82) is 0 Å². The number of nitrogens with zero attached hydrogens (tertiary/aromatic N) is 2. The number of ether oxygens (including phenoxy) is 1. The lowest BCUT2D eigenvalue weighted by Crippen LogP contribution is -2.52. The number of aliphatic hydroxyl groups excluding tert-OH is 1. The Balaban J connectivity index is 1.75. The maximum absolute atomic E-state index is 12.3. The Kier molecular flexibility index (Phi) is 8.14. The predicted molar refractivity (Wildman–Crippen MR) is 114 cm³/mol. The van der Waals surface area contributed by atoms with Crippen molar-refractivity contribution in [3.8, 4) is 0 Å². The largest absolute Gasteiger partial charge is 0.472 e. The second-order valence-corrected chi connectivity index (χ2v) is 7.58. The molecule has 2 amide bonds. The summed E-state index contributed by atoms with van der Waals surface area (Å²) in [6.45, 7) is 2.26. The first kappa shape index (κ1) is 24.8. The lowest BCUT2D eigenvalue weighted by atomic mass is 10.1. The highest BCUT2D eigenvalue weighted by atomic mass is 35.5. The van der Waals surface area contributed by atoms with E-state index in [1.165, 1.54) is 23.6 Å². The molecule has 0 spiro atoms. The summed E-state index contributed by atoms with van der Waals surface area (Å²) >= 11 is 6.34. The first-order valence-electron chi connectivity index (χ1n) is 9.94. The molecule has 1 aliphatic rings. The number of rotatable bonds is 6. The average Bonchev–Trinajstić information content (AvgIpc) is 2.81. The van der Waals surface area contributed by atoms with Crippen LogP contribution < -0.4 is 15.8 Å². The van der Waals surface area contributed by atoms with Crippen LogP contribution in [-0.4, -0.2) is 60.7 Å². The van der Waals surface area contributed by atoms with E-state index < -0.39 is 24.3 Å². The fraction of sp³-hybridized carbons (Fsp3) is 0.333. The van der Waals surface area contributed by atoms with E-state index >= 15 is 0 Å². The number of amides is 2. The second kappa shape index (κ2) is 10.8. The molecule has 12 heteroatoms. The Morgan fingerprint density at radius 1 is 1.12 bits per heavy atom. The molecule has 2 aromatic carbocycles. The van der Waals surface area contributed by atoms with Gasteiger partial charge in [-0.1, -0.05) is 35.9 Å². The number of carbonyl (C=O) groups is 2. The van der Waals surface area contributed by atoms with Crippen LogP contribution in [0.4, 0.5) is 18.9 Å². The van der Waals surface area contributed by atoms with Crippen molar-refractivity contribution >= 4 is 29.1 Å². The number of aliphatic hydroxyl groups is 1. The van der Waals surface area contributed by atoms with Gasteiger partial charge in [0.2, 0.25) is 0 Å². The number of halogens is 4. The van der Waals surface area contributed by atoms with Crippen LogP contribution >= 0.6 is 11.6 Å². The standard InChI is InChI=1S/C21H22ClF3N4O4/c22-17-12-14(18(30)26-27-19(31)21(23,24)25)6-7-15(17)13-29(16-4-2-1-3-5-16)20(32)28-8-10-33-11-9-28/h1-7,12,20,32H,8-11,13H2,(H,26,30)(H,27,31). The molecule has 8 nitrogen and oxygen atoms in total. The van der Waals surface area contributed by atoms with Crippen LogP contribution in [0.15, 0.2) is 48.5 Å². The molecule has 1 unspecified atom stereocenters. The Bertz CT molecular complexity index is 972. The summed E-state index contributed by atoms with van der Waals surface area (Å²) in [4.78, 5) is 26.5. The van der Waals surface area contributed by atoms with Crippen LogP contribution in [-0.2, 0) is 16.1 Å². The van der Waals surface area contributed by atoms with Crippen molar-refractivity contribution in [2.24, 2.45) is 0 Å². The molecule has 0 aromatic heterocycles. The molecule has 178 valence electrons. The molecule has 0 aliphatic carbocycles. The second-order valence-electron chi connectivity index (χ2n) is 7.17. The minimum absolute atomic E-state index is 0.0498. The zero-order valence-corrected chi connectivity index (χ0v) is 18.1. The summed E-state index contributed by atoms with van der Waals surface area (Å²) in [5.74, 6) is -3.26. The van der Waals surface area contributed by atoms with E-state index in [2.05, 4.69) is 0 Å². The quantitative estimate of drug-likeness (QED) is 0.428. The Hall–Kier alpha value is -2.86. The van der Waals surface area contributed by atoms with Gasteiger partial charge in [-0.2, -0.15) is 13.2 Å². The van der Waals surface area contributed by atoms with Crippen molar-refractivity contribution in [3.63, 3.8) is 0 Å². The van der Waals surface area contributed by atoms with Crippen molar-refractivity contribution in [3.05, 3.63) is 64.7 Å². The van der Waals surface area contributed by atoms with Crippen LogP contribution in [0.2, 0.25) is 5.02 Å². The molecule has 0 saturated carbocycles. The molecule has 1 saturated heterocycles. The zero-order valence-electron chi connectivity index (χ0n) is 17.3. The van der Waals surface area contributed by atoms with Gasteiger partial charge in [0.1, 0.15) is 0 Å². The Morgan fingerprint density at radius 3 is 2.39 bits per heavy atom. The van der Waals surface area contributed by atoms with Crippen molar-refractivity contribution in [2.45, 2.75) is 19.1 Å². The zero-order chi connectivity index (χ0) is 24.0. The average molecular weight is 487 g/mol. The van der Waals surface area contributed by atoms with Gasteiger partial charge in [0.25, 0.3) is 5.91 Å². The molecule has 2 aromatic rings. The van der Waals surface area contributed by atoms with Crippen molar-refractivity contribution < 1.29 is 32.6 Å². The van der Waals surface area contributed by atoms with E-state index in [0.717, 1.165) is 5.69 Å². The molecule has 1 atom stereocenters. The molecule has 0 radical (unpaired) electrons. The number of para-hydroxylation sites is 1. The normalized spacial score (nSPS) is 15.5. The minimum Gasteiger partial charge on any atom is -0.379 e. The molecule has 3 N–H and O–H groups in total. The van der Waals surface area contributed by atoms with Crippen LogP contribution in [0.3, 0.4) is 0 Å². The van der Waals surface area contributed by atoms with Gasteiger partial charge in [-0.25, -0.2) is 0 Å². The molecular weight excluding hydrogens is 465 g/mol. The third kappa shape index (κ3) is 6.57.